The normalized spacial score (nSPS) is 14.6. The first-order valence-corrected chi connectivity index (χ1v) is 6.27. The number of amides is 2. The van der Waals surface area contributed by atoms with E-state index in [2.05, 4.69) is 0 Å². The Bertz CT molecular complexity index is 425. The molecule has 0 unspecified atom stereocenters. The Morgan fingerprint density at radius 2 is 1.78 bits per heavy atom. The van der Waals surface area contributed by atoms with Crippen LogP contribution in [0.1, 0.15) is 23.2 Å². The Labute approximate surface area is 107 Å². The summed E-state index contributed by atoms with van der Waals surface area (Å²) in [5.74, 6) is -0.0672. The fourth-order valence-corrected chi connectivity index (χ4v) is 2.14. The predicted octanol–water partition coefficient (Wildman–Crippen LogP) is 1.38. The van der Waals surface area contributed by atoms with Gasteiger partial charge in [-0.3, -0.25) is 9.59 Å². The van der Waals surface area contributed by atoms with Gasteiger partial charge in [0, 0.05) is 25.7 Å². The maximum absolute atomic E-state index is 12.1. The molecule has 0 aliphatic carbocycles. The van der Waals surface area contributed by atoms with Crippen LogP contribution in [0.25, 0.3) is 0 Å². The number of hydrogen-bond acceptors (Lipinski definition) is 2. The molecule has 0 atom stereocenters. The highest BCUT2D eigenvalue weighted by Gasteiger charge is 2.21. The lowest BCUT2D eigenvalue weighted by Gasteiger charge is -2.21. The van der Waals surface area contributed by atoms with E-state index >= 15 is 0 Å². The van der Waals surface area contributed by atoms with Gasteiger partial charge in [0.15, 0.2) is 0 Å². The molecule has 2 rings (SSSR count). The van der Waals surface area contributed by atoms with Crippen molar-refractivity contribution in [3.8, 4) is 0 Å². The first-order valence-electron chi connectivity index (χ1n) is 6.27. The van der Waals surface area contributed by atoms with E-state index in [-0.39, 0.29) is 18.4 Å². The van der Waals surface area contributed by atoms with Gasteiger partial charge in [-0.25, -0.2) is 0 Å². The summed E-state index contributed by atoms with van der Waals surface area (Å²) in [6.45, 7) is 1.81. The SMILES string of the molecule is CN(CC(=O)N1CCCC1)C(=O)c1ccccc1. The second kappa shape index (κ2) is 5.67. The monoisotopic (exact) mass is 246 g/mol. The van der Waals surface area contributed by atoms with Crippen molar-refractivity contribution in [2.24, 2.45) is 0 Å². The van der Waals surface area contributed by atoms with Gasteiger partial charge in [0.1, 0.15) is 0 Å². The highest BCUT2D eigenvalue weighted by atomic mass is 16.2. The van der Waals surface area contributed by atoms with Gasteiger partial charge < -0.3 is 9.80 Å². The second-order valence-corrected chi connectivity index (χ2v) is 4.62. The van der Waals surface area contributed by atoms with Crippen LogP contribution in [-0.4, -0.2) is 48.3 Å². The first-order chi connectivity index (χ1) is 8.68. The molecule has 1 fully saturated rings. The molecule has 1 heterocycles. The smallest absolute Gasteiger partial charge is 0.254 e. The van der Waals surface area contributed by atoms with Crippen molar-refractivity contribution in [2.75, 3.05) is 26.7 Å². The summed E-state index contributed by atoms with van der Waals surface area (Å²) in [6, 6.07) is 9.04. The average molecular weight is 246 g/mol. The Hall–Kier alpha value is -1.84. The molecule has 4 nitrogen and oxygen atoms in total. The van der Waals surface area contributed by atoms with Gasteiger partial charge in [-0.05, 0) is 25.0 Å². The van der Waals surface area contributed by atoms with Crippen LogP contribution in [0.3, 0.4) is 0 Å². The molecule has 4 heteroatoms. The number of nitrogens with zero attached hydrogens (tertiary/aromatic N) is 2. The zero-order chi connectivity index (χ0) is 13.0. The van der Waals surface area contributed by atoms with Crippen LogP contribution < -0.4 is 0 Å². The number of carbonyl (C=O) groups is 2. The molecule has 18 heavy (non-hydrogen) atoms. The Morgan fingerprint density at radius 1 is 1.17 bits per heavy atom. The summed E-state index contributed by atoms with van der Waals surface area (Å²) in [5, 5.41) is 0. The van der Waals surface area contributed by atoms with Crippen LogP contribution in [0.5, 0.6) is 0 Å². The summed E-state index contributed by atoms with van der Waals surface area (Å²) in [7, 11) is 1.67. The fraction of sp³-hybridized carbons (Fsp3) is 0.429. The molecule has 1 aliphatic heterocycles. The van der Waals surface area contributed by atoms with Crippen molar-refractivity contribution in [3.63, 3.8) is 0 Å². The van der Waals surface area contributed by atoms with Crippen molar-refractivity contribution in [1.29, 1.82) is 0 Å². The third-order valence-electron chi connectivity index (χ3n) is 3.20. The minimum Gasteiger partial charge on any atom is -0.341 e. The van der Waals surface area contributed by atoms with Crippen LogP contribution in [-0.2, 0) is 4.79 Å². The Balaban J connectivity index is 1.93. The Morgan fingerprint density at radius 3 is 2.39 bits per heavy atom. The molecule has 1 aromatic rings. The lowest BCUT2D eigenvalue weighted by molar-refractivity contribution is -0.130. The summed E-state index contributed by atoms with van der Waals surface area (Å²) in [5.41, 5.74) is 0.620. The molecule has 0 radical (unpaired) electrons. The van der Waals surface area contributed by atoms with Crippen molar-refractivity contribution in [2.45, 2.75) is 12.8 Å². The first kappa shape index (κ1) is 12.6. The minimum atomic E-state index is -0.108. The van der Waals surface area contributed by atoms with Gasteiger partial charge in [0.05, 0.1) is 6.54 Å². The van der Waals surface area contributed by atoms with E-state index in [9.17, 15) is 9.59 Å². The zero-order valence-corrected chi connectivity index (χ0v) is 10.6. The van der Waals surface area contributed by atoms with Crippen molar-refractivity contribution in [1.82, 2.24) is 9.80 Å². The van der Waals surface area contributed by atoms with Crippen LogP contribution in [0.2, 0.25) is 0 Å². The fourth-order valence-electron chi connectivity index (χ4n) is 2.14. The highest BCUT2D eigenvalue weighted by Crippen LogP contribution is 2.09. The lowest BCUT2D eigenvalue weighted by Crippen LogP contribution is -2.39. The molecule has 1 saturated heterocycles. The van der Waals surface area contributed by atoms with E-state index < -0.39 is 0 Å². The minimum absolute atomic E-state index is 0.0410. The van der Waals surface area contributed by atoms with E-state index in [1.54, 1.807) is 19.2 Å². The van der Waals surface area contributed by atoms with E-state index in [4.69, 9.17) is 0 Å². The standard InChI is InChI=1S/C14H18N2O2/c1-15(11-13(17)16-9-5-6-10-16)14(18)12-7-3-2-4-8-12/h2-4,7-8H,5-6,9-11H2,1H3. The molecule has 1 aliphatic rings. The topological polar surface area (TPSA) is 40.6 Å². The van der Waals surface area contributed by atoms with Crippen LogP contribution >= 0.6 is 0 Å². The van der Waals surface area contributed by atoms with Crippen LogP contribution in [0.4, 0.5) is 0 Å². The third kappa shape index (κ3) is 2.88. The predicted molar refractivity (Wildman–Crippen MR) is 69.2 cm³/mol. The molecule has 0 saturated carbocycles. The van der Waals surface area contributed by atoms with Crippen molar-refractivity contribution < 1.29 is 9.59 Å². The summed E-state index contributed by atoms with van der Waals surface area (Å²) in [6.07, 6.45) is 2.14. The van der Waals surface area contributed by atoms with Crippen LogP contribution in [0.15, 0.2) is 30.3 Å². The van der Waals surface area contributed by atoms with Gasteiger partial charge in [-0.1, -0.05) is 18.2 Å². The zero-order valence-electron chi connectivity index (χ0n) is 10.6. The number of carbonyl (C=O) groups excluding carboxylic acids is 2. The molecular formula is C14H18N2O2. The summed E-state index contributed by atoms with van der Waals surface area (Å²) >= 11 is 0. The number of likely N-dealkylation sites (N-methyl/N-ethyl adjacent to an activating group) is 1. The quantitative estimate of drug-likeness (QED) is 0.808. The highest BCUT2D eigenvalue weighted by molar-refractivity contribution is 5.96. The molecule has 96 valence electrons. The number of benzene rings is 1. The molecule has 2 amide bonds. The maximum atomic E-state index is 12.1. The molecule has 0 spiro atoms. The molecule has 0 aromatic heterocycles. The number of hydrogen-bond donors (Lipinski definition) is 0. The molecular weight excluding hydrogens is 228 g/mol. The van der Waals surface area contributed by atoms with Gasteiger partial charge in [-0.2, -0.15) is 0 Å². The van der Waals surface area contributed by atoms with E-state index in [0.717, 1.165) is 25.9 Å². The number of rotatable bonds is 3. The van der Waals surface area contributed by atoms with Gasteiger partial charge in [0.2, 0.25) is 5.91 Å². The van der Waals surface area contributed by atoms with Gasteiger partial charge in [-0.15, -0.1) is 0 Å². The van der Waals surface area contributed by atoms with Gasteiger partial charge >= 0.3 is 0 Å². The molecule has 0 bridgehead atoms. The maximum Gasteiger partial charge on any atom is 0.254 e. The second-order valence-electron chi connectivity index (χ2n) is 4.62. The van der Waals surface area contributed by atoms with Crippen molar-refractivity contribution in [3.05, 3.63) is 35.9 Å². The van der Waals surface area contributed by atoms with E-state index in [1.165, 1.54) is 4.90 Å². The average Bonchev–Trinajstić information content (AvgIpc) is 2.92. The molecule has 0 N–H and O–H groups in total. The number of likely N-dealkylation sites (tertiary alicyclic amines) is 1. The lowest BCUT2D eigenvalue weighted by atomic mass is 10.2. The molecule has 1 aromatic carbocycles. The van der Waals surface area contributed by atoms with E-state index in [0.29, 0.717) is 5.56 Å². The summed E-state index contributed by atoms with van der Waals surface area (Å²) < 4.78 is 0. The van der Waals surface area contributed by atoms with Crippen LogP contribution in [0, 0.1) is 0 Å². The van der Waals surface area contributed by atoms with Crippen molar-refractivity contribution >= 4 is 11.8 Å². The van der Waals surface area contributed by atoms with E-state index in [1.807, 2.05) is 23.1 Å². The largest absolute Gasteiger partial charge is 0.341 e. The Kier molecular flexibility index (Phi) is 3.97. The van der Waals surface area contributed by atoms with Gasteiger partial charge in [0.25, 0.3) is 5.91 Å². The summed E-state index contributed by atoms with van der Waals surface area (Å²) in [4.78, 5) is 27.3. The third-order valence-corrected chi connectivity index (χ3v) is 3.20.